The van der Waals surface area contributed by atoms with Gasteiger partial charge in [-0.3, -0.25) is 0 Å². The Morgan fingerprint density at radius 2 is 2.29 bits per heavy atom. The summed E-state index contributed by atoms with van der Waals surface area (Å²) in [6.07, 6.45) is 1.89. The van der Waals surface area contributed by atoms with Crippen molar-refractivity contribution in [2.75, 3.05) is 6.61 Å². The van der Waals surface area contributed by atoms with E-state index in [2.05, 4.69) is 15.3 Å². The number of nitrogens with one attached hydrogen (secondary N) is 1. The monoisotopic (exact) mass is 311 g/mol. The highest BCUT2D eigenvalue weighted by Gasteiger charge is 2.12. The Bertz CT molecular complexity index is 644. The normalized spacial score (nSPS) is 12.0. The van der Waals surface area contributed by atoms with Crippen molar-refractivity contribution in [1.29, 1.82) is 0 Å². The maximum Gasteiger partial charge on any atom is 0.404 e. The van der Waals surface area contributed by atoms with Crippen LogP contribution >= 0.6 is 11.6 Å². The Morgan fingerprint density at radius 3 is 2.95 bits per heavy atom. The van der Waals surface area contributed by atoms with Crippen molar-refractivity contribution in [2.24, 2.45) is 0 Å². The standard InChI is InChI=1S/C13H14ClN3O4/c1-7-3-10(14)15-4-9(7)12-16-5-11(21-12)20-6-8(2)17-13(18)19/h3-5,8,17H,6H2,1-2H3,(H,18,19)/t8-/m0/s1. The molecule has 0 saturated heterocycles. The van der Waals surface area contributed by atoms with Gasteiger partial charge < -0.3 is 19.6 Å². The van der Waals surface area contributed by atoms with Crippen molar-refractivity contribution in [3.8, 4) is 17.4 Å². The number of ether oxygens (including phenoxy) is 1. The predicted octanol–water partition coefficient (Wildman–Crippen LogP) is 2.73. The molecule has 2 rings (SSSR count). The fraction of sp³-hybridized carbons (Fsp3) is 0.308. The van der Waals surface area contributed by atoms with E-state index in [0.717, 1.165) is 5.56 Å². The van der Waals surface area contributed by atoms with Crippen LogP contribution in [-0.4, -0.2) is 33.8 Å². The zero-order valence-corrected chi connectivity index (χ0v) is 12.2. The fourth-order valence-corrected chi connectivity index (χ4v) is 1.87. The summed E-state index contributed by atoms with van der Waals surface area (Å²) in [5, 5.41) is 11.2. The number of aromatic nitrogens is 2. The summed E-state index contributed by atoms with van der Waals surface area (Å²) in [6, 6.07) is 1.34. The lowest BCUT2D eigenvalue weighted by Gasteiger charge is -2.10. The molecule has 0 saturated carbocycles. The van der Waals surface area contributed by atoms with Gasteiger partial charge in [0.25, 0.3) is 0 Å². The minimum Gasteiger partial charge on any atom is -0.465 e. The molecule has 0 fully saturated rings. The SMILES string of the molecule is Cc1cc(Cl)ncc1-c1ncc(OC[C@H](C)NC(=O)O)o1. The molecular weight excluding hydrogens is 298 g/mol. The average molecular weight is 312 g/mol. The van der Waals surface area contributed by atoms with E-state index in [1.54, 1.807) is 19.2 Å². The van der Waals surface area contributed by atoms with Gasteiger partial charge in [-0.15, -0.1) is 0 Å². The number of halogens is 1. The zero-order valence-electron chi connectivity index (χ0n) is 11.5. The second-order valence-corrected chi connectivity index (χ2v) is 4.86. The fourth-order valence-electron chi connectivity index (χ4n) is 1.66. The lowest BCUT2D eigenvalue weighted by atomic mass is 10.2. The lowest BCUT2D eigenvalue weighted by Crippen LogP contribution is -2.35. The van der Waals surface area contributed by atoms with E-state index < -0.39 is 6.09 Å². The number of hydrogen-bond donors (Lipinski definition) is 2. The molecule has 2 heterocycles. The van der Waals surface area contributed by atoms with E-state index in [1.807, 2.05) is 6.92 Å². The molecule has 0 aromatic carbocycles. The third-order valence-corrected chi connectivity index (χ3v) is 2.84. The van der Waals surface area contributed by atoms with Crippen LogP contribution in [0, 0.1) is 6.92 Å². The van der Waals surface area contributed by atoms with Crippen LogP contribution in [0.4, 0.5) is 4.79 Å². The van der Waals surface area contributed by atoms with E-state index in [-0.39, 0.29) is 18.6 Å². The summed E-state index contributed by atoms with van der Waals surface area (Å²) in [6.45, 7) is 3.68. The van der Waals surface area contributed by atoms with Crippen molar-refractivity contribution < 1.29 is 19.1 Å². The predicted molar refractivity (Wildman–Crippen MR) is 75.6 cm³/mol. The Morgan fingerprint density at radius 1 is 1.52 bits per heavy atom. The number of amides is 1. The first-order valence-electron chi connectivity index (χ1n) is 6.16. The first-order valence-corrected chi connectivity index (χ1v) is 6.54. The van der Waals surface area contributed by atoms with Gasteiger partial charge >= 0.3 is 12.0 Å². The maximum atomic E-state index is 10.5. The third kappa shape index (κ3) is 4.09. The first-order chi connectivity index (χ1) is 9.95. The number of pyridine rings is 1. The lowest BCUT2D eigenvalue weighted by molar-refractivity contribution is 0.176. The molecule has 112 valence electrons. The molecule has 0 unspecified atom stereocenters. The highest BCUT2D eigenvalue weighted by atomic mass is 35.5. The molecule has 8 heteroatoms. The smallest absolute Gasteiger partial charge is 0.404 e. The highest BCUT2D eigenvalue weighted by Crippen LogP contribution is 2.26. The molecule has 1 amide bonds. The largest absolute Gasteiger partial charge is 0.465 e. The van der Waals surface area contributed by atoms with Gasteiger partial charge in [0.15, 0.2) is 0 Å². The molecule has 1 atom stereocenters. The Labute approximate surface area is 125 Å². The van der Waals surface area contributed by atoms with E-state index in [1.165, 1.54) is 6.20 Å². The number of rotatable bonds is 5. The van der Waals surface area contributed by atoms with Gasteiger partial charge in [-0.1, -0.05) is 11.6 Å². The summed E-state index contributed by atoms with van der Waals surface area (Å²) in [5.41, 5.74) is 1.59. The summed E-state index contributed by atoms with van der Waals surface area (Å²) in [7, 11) is 0. The second-order valence-electron chi connectivity index (χ2n) is 4.47. The number of aryl methyl sites for hydroxylation is 1. The van der Waals surface area contributed by atoms with E-state index in [9.17, 15) is 4.79 Å². The molecule has 7 nitrogen and oxygen atoms in total. The van der Waals surface area contributed by atoms with Gasteiger partial charge in [0.05, 0.1) is 11.6 Å². The van der Waals surface area contributed by atoms with Crippen molar-refractivity contribution in [3.05, 3.63) is 29.2 Å². The molecule has 0 radical (unpaired) electrons. The molecule has 2 aromatic heterocycles. The Balaban J connectivity index is 2.03. The summed E-state index contributed by atoms with van der Waals surface area (Å²) < 4.78 is 10.8. The van der Waals surface area contributed by atoms with Crippen LogP contribution in [0.15, 0.2) is 22.9 Å². The minimum absolute atomic E-state index is 0.138. The van der Waals surface area contributed by atoms with Crippen LogP contribution in [-0.2, 0) is 0 Å². The van der Waals surface area contributed by atoms with Crippen LogP contribution in [0.2, 0.25) is 5.15 Å². The first kappa shape index (κ1) is 15.1. The number of hydrogen-bond acceptors (Lipinski definition) is 5. The van der Waals surface area contributed by atoms with Gasteiger partial charge in [-0.2, -0.15) is 0 Å². The Hall–Kier alpha value is -2.28. The Kier molecular flexibility index (Phi) is 4.64. The van der Waals surface area contributed by atoms with Gasteiger partial charge in [-0.05, 0) is 25.5 Å². The molecule has 0 aliphatic rings. The van der Waals surface area contributed by atoms with Gasteiger partial charge in [-0.25, -0.2) is 14.8 Å². The number of carbonyl (C=O) groups is 1. The molecule has 0 aliphatic heterocycles. The van der Waals surface area contributed by atoms with Crippen molar-refractivity contribution in [2.45, 2.75) is 19.9 Å². The van der Waals surface area contributed by atoms with Crippen molar-refractivity contribution >= 4 is 17.7 Å². The number of oxazole rings is 1. The van der Waals surface area contributed by atoms with Gasteiger partial charge in [0, 0.05) is 6.20 Å². The molecule has 0 spiro atoms. The van der Waals surface area contributed by atoms with Crippen molar-refractivity contribution in [3.63, 3.8) is 0 Å². The summed E-state index contributed by atoms with van der Waals surface area (Å²) >= 11 is 5.79. The highest BCUT2D eigenvalue weighted by molar-refractivity contribution is 6.29. The van der Waals surface area contributed by atoms with E-state index >= 15 is 0 Å². The number of carboxylic acid groups (broad SMARTS) is 1. The molecule has 21 heavy (non-hydrogen) atoms. The van der Waals surface area contributed by atoms with E-state index in [0.29, 0.717) is 16.6 Å². The molecule has 2 aromatic rings. The van der Waals surface area contributed by atoms with E-state index in [4.69, 9.17) is 25.9 Å². The van der Waals surface area contributed by atoms with Crippen LogP contribution in [0.3, 0.4) is 0 Å². The molecule has 0 bridgehead atoms. The molecular formula is C13H14ClN3O4. The molecule has 2 N–H and O–H groups in total. The topological polar surface area (TPSA) is 97.5 Å². The van der Waals surface area contributed by atoms with Crippen LogP contribution < -0.4 is 10.1 Å². The van der Waals surface area contributed by atoms with Crippen LogP contribution in [0.25, 0.3) is 11.5 Å². The average Bonchev–Trinajstić information content (AvgIpc) is 2.84. The van der Waals surface area contributed by atoms with Crippen molar-refractivity contribution in [1.82, 2.24) is 15.3 Å². The quantitative estimate of drug-likeness (QED) is 0.824. The van der Waals surface area contributed by atoms with Crippen LogP contribution in [0.1, 0.15) is 12.5 Å². The van der Waals surface area contributed by atoms with Gasteiger partial charge in [0.1, 0.15) is 18.0 Å². The number of nitrogens with zero attached hydrogens (tertiary/aromatic N) is 2. The summed E-state index contributed by atoms with van der Waals surface area (Å²) in [5.74, 6) is 0.573. The second kappa shape index (κ2) is 6.45. The van der Waals surface area contributed by atoms with Gasteiger partial charge in [0.2, 0.25) is 5.89 Å². The third-order valence-electron chi connectivity index (χ3n) is 2.64. The maximum absolute atomic E-state index is 10.5. The minimum atomic E-state index is -1.10. The summed E-state index contributed by atoms with van der Waals surface area (Å²) in [4.78, 5) is 18.5. The molecule has 0 aliphatic carbocycles. The van der Waals surface area contributed by atoms with Crippen LogP contribution in [0.5, 0.6) is 5.95 Å². The zero-order chi connectivity index (χ0) is 15.4.